The predicted molar refractivity (Wildman–Crippen MR) is 105 cm³/mol. The number of nitrogens with one attached hydrogen (secondary N) is 2. The number of fused-ring (bicyclic) bond motifs is 1. The molecule has 0 amide bonds. The first kappa shape index (κ1) is 17.2. The fraction of sp³-hybridized carbons (Fsp3) is 0.200. The molecule has 0 aliphatic heterocycles. The highest BCUT2D eigenvalue weighted by molar-refractivity contribution is 6.31. The topological polar surface area (TPSA) is 49.3 Å². The molecule has 1 aromatic heterocycles. The normalized spacial score (nSPS) is 11.5. The number of hydrogen-bond donors (Lipinski definition) is 2. The Morgan fingerprint density at radius 2 is 1.80 bits per heavy atom. The lowest BCUT2D eigenvalue weighted by molar-refractivity contribution is 0.796. The Morgan fingerprint density at radius 1 is 1.00 bits per heavy atom. The summed E-state index contributed by atoms with van der Waals surface area (Å²) in [5, 5.41) is 8.55. The Bertz CT molecular complexity index is 871. The van der Waals surface area contributed by atoms with E-state index in [0.29, 0.717) is 6.54 Å². The van der Waals surface area contributed by atoms with E-state index in [4.69, 9.17) is 11.6 Å². The standard InChI is InChI=1S/C20H21ClN4/c1-22-20(25-14-17-6-2-3-10-18(17)21)24-13-11-16-8-4-7-15-9-5-12-23-19(15)16/h2-10,12H,11,13-14H2,1H3,(H2,22,24,25). The van der Waals surface area contributed by atoms with Gasteiger partial charge in [0.25, 0.3) is 0 Å². The highest BCUT2D eigenvalue weighted by Gasteiger charge is 2.04. The molecule has 0 bridgehead atoms. The Kier molecular flexibility index (Phi) is 5.86. The Morgan fingerprint density at radius 3 is 2.64 bits per heavy atom. The average Bonchev–Trinajstić information content (AvgIpc) is 2.66. The molecule has 25 heavy (non-hydrogen) atoms. The van der Waals surface area contributed by atoms with E-state index in [1.165, 1.54) is 10.9 Å². The van der Waals surface area contributed by atoms with Gasteiger partial charge in [-0.15, -0.1) is 0 Å². The van der Waals surface area contributed by atoms with Gasteiger partial charge in [-0.1, -0.05) is 54.1 Å². The second kappa shape index (κ2) is 8.49. The Balaban J connectivity index is 1.56. The second-order valence-corrected chi connectivity index (χ2v) is 6.09. The molecule has 2 aromatic carbocycles. The first-order valence-corrected chi connectivity index (χ1v) is 8.66. The van der Waals surface area contributed by atoms with Gasteiger partial charge in [-0.3, -0.25) is 9.98 Å². The van der Waals surface area contributed by atoms with E-state index >= 15 is 0 Å². The van der Waals surface area contributed by atoms with Gasteiger partial charge in [-0.05, 0) is 29.7 Å². The molecule has 3 rings (SSSR count). The predicted octanol–water partition coefficient (Wildman–Crippen LogP) is 3.80. The van der Waals surface area contributed by atoms with Gasteiger partial charge in [-0.2, -0.15) is 0 Å². The van der Waals surface area contributed by atoms with E-state index in [1.807, 2.05) is 36.5 Å². The van der Waals surface area contributed by atoms with Crippen LogP contribution in [0.2, 0.25) is 5.02 Å². The van der Waals surface area contributed by atoms with Crippen LogP contribution in [0, 0.1) is 0 Å². The number of aliphatic imine (C=N–C) groups is 1. The van der Waals surface area contributed by atoms with Gasteiger partial charge in [0.15, 0.2) is 5.96 Å². The lowest BCUT2D eigenvalue weighted by Gasteiger charge is -2.13. The smallest absolute Gasteiger partial charge is 0.191 e. The zero-order valence-corrected chi connectivity index (χ0v) is 14.9. The summed E-state index contributed by atoms with van der Waals surface area (Å²) in [6.07, 6.45) is 2.71. The van der Waals surface area contributed by atoms with Crippen LogP contribution in [-0.2, 0) is 13.0 Å². The van der Waals surface area contributed by atoms with E-state index < -0.39 is 0 Å². The maximum Gasteiger partial charge on any atom is 0.191 e. The van der Waals surface area contributed by atoms with Gasteiger partial charge < -0.3 is 10.6 Å². The highest BCUT2D eigenvalue weighted by atomic mass is 35.5. The minimum atomic E-state index is 0.634. The zero-order chi connectivity index (χ0) is 17.5. The van der Waals surface area contributed by atoms with E-state index in [2.05, 4.69) is 44.9 Å². The molecule has 0 saturated carbocycles. The highest BCUT2D eigenvalue weighted by Crippen LogP contribution is 2.16. The van der Waals surface area contributed by atoms with Crippen molar-refractivity contribution in [3.05, 3.63) is 76.9 Å². The molecular formula is C20H21ClN4. The quantitative estimate of drug-likeness (QED) is 0.542. The molecule has 1 heterocycles. The van der Waals surface area contributed by atoms with Gasteiger partial charge in [0, 0.05) is 36.7 Å². The first-order valence-electron chi connectivity index (χ1n) is 8.28. The molecule has 2 N–H and O–H groups in total. The number of halogens is 1. The summed E-state index contributed by atoms with van der Waals surface area (Å²) in [7, 11) is 1.77. The van der Waals surface area contributed by atoms with Crippen molar-refractivity contribution in [2.45, 2.75) is 13.0 Å². The molecule has 5 heteroatoms. The molecule has 4 nitrogen and oxygen atoms in total. The molecular weight excluding hydrogens is 332 g/mol. The van der Waals surface area contributed by atoms with Crippen LogP contribution in [0.1, 0.15) is 11.1 Å². The van der Waals surface area contributed by atoms with Crippen molar-refractivity contribution in [3.63, 3.8) is 0 Å². The van der Waals surface area contributed by atoms with Crippen molar-refractivity contribution >= 4 is 28.5 Å². The summed E-state index contributed by atoms with van der Waals surface area (Å²) in [5.74, 6) is 0.758. The van der Waals surface area contributed by atoms with Crippen LogP contribution in [0.5, 0.6) is 0 Å². The monoisotopic (exact) mass is 352 g/mol. The Hall–Kier alpha value is -2.59. The summed E-state index contributed by atoms with van der Waals surface area (Å²) in [4.78, 5) is 8.76. The van der Waals surface area contributed by atoms with E-state index in [-0.39, 0.29) is 0 Å². The number of hydrogen-bond acceptors (Lipinski definition) is 2. The molecule has 0 spiro atoms. The molecule has 3 aromatic rings. The van der Waals surface area contributed by atoms with Crippen molar-refractivity contribution in [2.24, 2.45) is 4.99 Å². The number of nitrogens with zero attached hydrogens (tertiary/aromatic N) is 2. The summed E-state index contributed by atoms with van der Waals surface area (Å²) in [6.45, 7) is 1.41. The van der Waals surface area contributed by atoms with Gasteiger partial charge in [0.2, 0.25) is 0 Å². The van der Waals surface area contributed by atoms with Gasteiger partial charge in [0.1, 0.15) is 0 Å². The molecule has 0 aliphatic rings. The molecule has 0 unspecified atom stereocenters. The number of aromatic nitrogens is 1. The van der Waals surface area contributed by atoms with Crippen LogP contribution in [-0.4, -0.2) is 24.5 Å². The fourth-order valence-corrected chi connectivity index (χ4v) is 2.93. The van der Waals surface area contributed by atoms with Gasteiger partial charge in [0.05, 0.1) is 5.52 Å². The lowest BCUT2D eigenvalue weighted by Crippen LogP contribution is -2.37. The lowest BCUT2D eigenvalue weighted by atomic mass is 10.1. The number of benzene rings is 2. The Labute approximate surface area is 153 Å². The van der Waals surface area contributed by atoms with Crippen LogP contribution in [0.3, 0.4) is 0 Å². The van der Waals surface area contributed by atoms with Crippen molar-refractivity contribution in [2.75, 3.05) is 13.6 Å². The zero-order valence-electron chi connectivity index (χ0n) is 14.2. The number of rotatable bonds is 5. The van der Waals surface area contributed by atoms with E-state index in [0.717, 1.165) is 35.0 Å². The van der Waals surface area contributed by atoms with Crippen molar-refractivity contribution in [1.29, 1.82) is 0 Å². The molecule has 0 saturated heterocycles. The molecule has 0 fully saturated rings. The van der Waals surface area contributed by atoms with Crippen molar-refractivity contribution in [1.82, 2.24) is 15.6 Å². The third-order valence-electron chi connectivity index (χ3n) is 4.03. The largest absolute Gasteiger partial charge is 0.356 e. The molecule has 0 atom stereocenters. The van der Waals surface area contributed by atoms with Gasteiger partial charge >= 0.3 is 0 Å². The number of pyridine rings is 1. The van der Waals surface area contributed by atoms with Crippen LogP contribution in [0.15, 0.2) is 65.8 Å². The maximum absolute atomic E-state index is 6.18. The second-order valence-electron chi connectivity index (χ2n) is 5.69. The molecule has 128 valence electrons. The van der Waals surface area contributed by atoms with Crippen molar-refractivity contribution < 1.29 is 0 Å². The number of para-hydroxylation sites is 1. The van der Waals surface area contributed by atoms with Crippen molar-refractivity contribution in [3.8, 4) is 0 Å². The van der Waals surface area contributed by atoms with Crippen LogP contribution in [0.4, 0.5) is 0 Å². The van der Waals surface area contributed by atoms with Crippen LogP contribution < -0.4 is 10.6 Å². The van der Waals surface area contributed by atoms with E-state index in [1.54, 1.807) is 7.05 Å². The molecule has 0 aliphatic carbocycles. The maximum atomic E-state index is 6.18. The summed E-state index contributed by atoms with van der Waals surface area (Å²) in [5.41, 5.74) is 3.34. The summed E-state index contributed by atoms with van der Waals surface area (Å²) >= 11 is 6.18. The minimum Gasteiger partial charge on any atom is -0.356 e. The third kappa shape index (κ3) is 4.48. The van der Waals surface area contributed by atoms with E-state index in [9.17, 15) is 0 Å². The SMILES string of the molecule is CN=C(NCCc1cccc2cccnc12)NCc1ccccc1Cl. The summed E-state index contributed by atoms with van der Waals surface area (Å²) in [6, 6.07) is 18.1. The van der Waals surface area contributed by atoms with Crippen LogP contribution in [0.25, 0.3) is 10.9 Å². The van der Waals surface area contributed by atoms with Crippen LogP contribution >= 0.6 is 11.6 Å². The van der Waals surface area contributed by atoms with Gasteiger partial charge in [-0.25, -0.2) is 0 Å². The molecule has 0 radical (unpaired) electrons. The third-order valence-corrected chi connectivity index (χ3v) is 4.40. The fourth-order valence-electron chi connectivity index (χ4n) is 2.73. The number of guanidine groups is 1. The minimum absolute atomic E-state index is 0.634. The first-order chi connectivity index (χ1) is 12.3. The average molecular weight is 353 g/mol. The summed E-state index contributed by atoms with van der Waals surface area (Å²) < 4.78 is 0.